The number of hydrogen-bond donors (Lipinski definition) is 1. The van der Waals surface area contributed by atoms with Gasteiger partial charge in [0.2, 0.25) is 0 Å². The maximum absolute atomic E-state index is 6.07. The summed E-state index contributed by atoms with van der Waals surface area (Å²) in [6.45, 7) is 0.977. The summed E-state index contributed by atoms with van der Waals surface area (Å²) in [6.07, 6.45) is 7.10. The van der Waals surface area contributed by atoms with Crippen molar-refractivity contribution in [3.05, 3.63) is 59.4 Å². The molecule has 0 fully saturated rings. The van der Waals surface area contributed by atoms with Gasteiger partial charge in [0.05, 0.1) is 0 Å². The molecule has 2 N–H and O–H groups in total. The van der Waals surface area contributed by atoms with Crippen molar-refractivity contribution in [3.63, 3.8) is 0 Å². The molecule has 1 unspecified atom stereocenters. The van der Waals surface area contributed by atoms with Crippen LogP contribution in [0.3, 0.4) is 0 Å². The normalized spacial score (nSPS) is 18.0. The third-order valence-corrected chi connectivity index (χ3v) is 4.30. The van der Waals surface area contributed by atoms with Crippen molar-refractivity contribution in [1.29, 1.82) is 0 Å². The van der Waals surface area contributed by atoms with Crippen LogP contribution in [0.25, 0.3) is 0 Å². The van der Waals surface area contributed by atoms with Crippen molar-refractivity contribution in [2.75, 3.05) is 12.8 Å². The van der Waals surface area contributed by atoms with Gasteiger partial charge >= 0.3 is 0 Å². The van der Waals surface area contributed by atoms with Crippen LogP contribution in [-0.2, 0) is 19.4 Å². The molecule has 0 radical (unpaired) electrons. The predicted octanol–water partition coefficient (Wildman–Crippen LogP) is 2.65. The van der Waals surface area contributed by atoms with E-state index >= 15 is 0 Å². The van der Waals surface area contributed by atoms with Crippen LogP contribution in [0.1, 0.15) is 23.1 Å². The van der Waals surface area contributed by atoms with Gasteiger partial charge in [-0.05, 0) is 61.2 Å². The number of hydrogen-bond acceptors (Lipinski definition) is 3. The van der Waals surface area contributed by atoms with Gasteiger partial charge in [-0.3, -0.25) is 9.88 Å². The van der Waals surface area contributed by atoms with Crippen molar-refractivity contribution in [2.24, 2.45) is 0 Å². The summed E-state index contributed by atoms with van der Waals surface area (Å²) in [4.78, 5) is 6.52. The van der Waals surface area contributed by atoms with E-state index < -0.39 is 0 Å². The van der Waals surface area contributed by atoms with Crippen LogP contribution < -0.4 is 5.73 Å². The van der Waals surface area contributed by atoms with Crippen molar-refractivity contribution in [1.82, 2.24) is 9.88 Å². The lowest BCUT2D eigenvalue weighted by atomic mass is 9.86. The summed E-state index contributed by atoms with van der Waals surface area (Å²) in [7, 11) is 2.21. The summed E-state index contributed by atoms with van der Waals surface area (Å²) in [5.41, 5.74) is 11.1. The Hall–Kier alpha value is -1.87. The van der Waals surface area contributed by atoms with E-state index in [4.69, 9.17) is 5.73 Å². The molecule has 1 aromatic carbocycles. The molecule has 20 heavy (non-hydrogen) atoms. The predicted molar refractivity (Wildman–Crippen MR) is 82.4 cm³/mol. The molecular weight excluding hydrogens is 246 g/mol. The molecule has 3 rings (SSSR count). The van der Waals surface area contributed by atoms with E-state index in [9.17, 15) is 0 Å². The number of nitrogens with zero attached hydrogens (tertiary/aromatic N) is 2. The molecular formula is C17H21N3. The van der Waals surface area contributed by atoms with Crippen molar-refractivity contribution in [3.8, 4) is 0 Å². The summed E-state index contributed by atoms with van der Waals surface area (Å²) >= 11 is 0. The topological polar surface area (TPSA) is 42.2 Å². The fourth-order valence-electron chi connectivity index (χ4n) is 3.10. The molecule has 0 saturated heterocycles. The minimum absolute atomic E-state index is 0.595. The Labute approximate surface area is 120 Å². The summed E-state index contributed by atoms with van der Waals surface area (Å²) < 4.78 is 0. The third-order valence-electron chi connectivity index (χ3n) is 4.30. The molecule has 0 aliphatic heterocycles. The van der Waals surface area contributed by atoms with Crippen LogP contribution in [0.5, 0.6) is 0 Å². The Morgan fingerprint density at radius 1 is 1.25 bits per heavy atom. The van der Waals surface area contributed by atoms with Crippen LogP contribution in [0.2, 0.25) is 0 Å². The van der Waals surface area contributed by atoms with Crippen molar-refractivity contribution >= 4 is 5.69 Å². The molecule has 3 nitrogen and oxygen atoms in total. The molecule has 1 aliphatic rings. The van der Waals surface area contributed by atoms with Gasteiger partial charge < -0.3 is 5.73 Å². The highest BCUT2D eigenvalue weighted by atomic mass is 15.1. The average Bonchev–Trinajstić information content (AvgIpc) is 2.48. The average molecular weight is 267 g/mol. The van der Waals surface area contributed by atoms with Crippen molar-refractivity contribution < 1.29 is 0 Å². The maximum atomic E-state index is 6.07. The van der Waals surface area contributed by atoms with Crippen LogP contribution >= 0.6 is 0 Å². The van der Waals surface area contributed by atoms with E-state index in [0.29, 0.717) is 6.04 Å². The largest absolute Gasteiger partial charge is 0.398 e. The third kappa shape index (κ3) is 2.68. The highest BCUT2D eigenvalue weighted by Gasteiger charge is 2.23. The smallest absolute Gasteiger partial charge is 0.0349 e. The first kappa shape index (κ1) is 13.1. The van der Waals surface area contributed by atoms with E-state index in [0.717, 1.165) is 25.1 Å². The molecule has 0 spiro atoms. The standard InChI is InChI=1S/C17H21N3/c1-20(12-13-7-9-19-10-8-13)15-5-6-16-14(11-15)3-2-4-17(16)18/h2-4,7-10,15H,5-6,11-12,18H2,1H3. The lowest BCUT2D eigenvalue weighted by Crippen LogP contribution is -2.36. The van der Waals surface area contributed by atoms with E-state index in [1.54, 1.807) is 0 Å². The van der Waals surface area contributed by atoms with Crippen LogP contribution in [-0.4, -0.2) is 23.0 Å². The minimum Gasteiger partial charge on any atom is -0.398 e. The SMILES string of the molecule is CN(Cc1ccncc1)C1CCc2c(N)cccc2C1. The molecule has 1 aliphatic carbocycles. The van der Waals surface area contributed by atoms with Gasteiger partial charge in [-0.25, -0.2) is 0 Å². The van der Waals surface area contributed by atoms with Gasteiger partial charge in [-0.2, -0.15) is 0 Å². The quantitative estimate of drug-likeness (QED) is 0.869. The number of anilines is 1. The first-order valence-corrected chi connectivity index (χ1v) is 7.19. The van der Waals surface area contributed by atoms with Gasteiger partial charge in [-0.15, -0.1) is 0 Å². The number of pyridine rings is 1. The maximum Gasteiger partial charge on any atom is 0.0349 e. The second kappa shape index (κ2) is 5.63. The van der Waals surface area contributed by atoms with Gasteiger partial charge in [0, 0.05) is 30.7 Å². The lowest BCUT2D eigenvalue weighted by Gasteiger charge is -2.33. The zero-order chi connectivity index (χ0) is 13.9. The Morgan fingerprint density at radius 3 is 2.85 bits per heavy atom. The molecule has 0 amide bonds. The molecule has 104 valence electrons. The van der Waals surface area contributed by atoms with E-state index in [1.807, 2.05) is 18.5 Å². The molecule has 3 heteroatoms. The van der Waals surface area contributed by atoms with E-state index in [2.05, 4.69) is 41.2 Å². The monoisotopic (exact) mass is 267 g/mol. The zero-order valence-electron chi connectivity index (χ0n) is 11.9. The second-order valence-corrected chi connectivity index (χ2v) is 5.65. The highest BCUT2D eigenvalue weighted by molar-refractivity contribution is 5.52. The van der Waals surface area contributed by atoms with Gasteiger partial charge in [0.15, 0.2) is 0 Å². The number of nitrogens with two attached hydrogens (primary N) is 1. The molecule has 0 bridgehead atoms. The number of likely N-dealkylation sites (N-methyl/N-ethyl adjacent to an activating group) is 1. The summed E-state index contributed by atoms with van der Waals surface area (Å²) in [6, 6.07) is 11.1. The number of aromatic nitrogens is 1. The first-order valence-electron chi connectivity index (χ1n) is 7.19. The first-order chi connectivity index (χ1) is 9.74. The van der Waals surface area contributed by atoms with Crippen LogP contribution in [0, 0.1) is 0 Å². The Morgan fingerprint density at radius 2 is 2.05 bits per heavy atom. The summed E-state index contributed by atoms with van der Waals surface area (Å²) in [5.74, 6) is 0. The number of benzene rings is 1. The minimum atomic E-state index is 0.595. The Balaban J connectivity index is 1.70. The number of fused-ring (bicyclic) bond motifs is 1. The number of rotatable bonds is 3. The highest BCUT2D eigenvalue weighted by Crippen LogP contribution is 2.28. The van der Waals surface area contributed by atoms with Gasteiger partial charge in [0.25, 0.3) is 0 Å². The Bertz CT molecular complexity index is 580. The fourth-order valence-corrected chi connectivity index (χ4v) is 3.10. The van der Waals surface area contributed by atoms with Crippen LogP contribution in [0.15, 0.2) is 42.7 Å². The molecule has 1 heterocycles. The fraction of sp³-hybridized carbons (Fsp3) is 0.353. The van der Waals surface area contributed by atoms with E-state index in [-0.39, 0.29) is 0 Å². The molecule has 0 saturated carbocycles. The molecule has 1 atom stereocenters. The van der Waals surface area contributed by atoms with Crippen LogP contribution in [0.4, 0.5) is 5.69 Å². The van der Waals surface area contributed by atoms with Crippen molar-refractivity contribution in [2.45, 2.75) is 31.8 Å². The lowest BCUT2D eigenvalue weighted by molar-refractivity contribution is 0.214. The molecule has 2 aromatic rings. The summed E-state index contributed by atoms with van der Waals surface area (Å²) in [5, 5.41) is 0. The van der Waals surface area contributed by atoms with Gasteiger partial charge in [-0.1, -0.05) is 12.1 Å². The zero-order valence-corrected chi connectivity index (χ0v) is 11.9. The molecule has 1 aromatic heterocycles. The number of nitrogen functional groups attached to an aromatic ring is 1. The Kier molecular flexibility index (Phi) is 3.70. The van der Waals surface area contributed by atoms with Gasteiger partial charge in [0.1, 0.15) is 0 Å². The van der Waals surface area contributed by atoms with E-state index in [1.165, 1.54) is 23.1 Å². The second-order valence-electron chi connectivity index (χ2n) is 5.65.